The molecular formula is C20H27N7O2. The number of amides is 2. The smallest absolute Gasteiger partial charge is 0.269 e. The van der Waals surface area contributed by atoms with Gasteiger partial charge in [0.25, 0.3) is 5.91 Å². The zero-order chi connectivity index (χ0) is 20.6. The van der Waals surface area contributed by atoms with Crippen LogP contribution in [0.2, 0.25) is 0 Å². The Hall–Kier alpha value is -3.07. The van der Waals surface area contributed by atoms with Gasteiger partial charge in [-0.05, 0) is 18.6 Å². The van der Waals surface area contributed by atoms with Crippen LogP contribution in [0.3, 0.4) is 0 Å². The molecule has 1 saturated heterocycles. The van der Waals surface area contributed by atoms with Crippen molar-refractivity contribution in [1.82, 2.24) is 25.2 Å². The molecule has 0 saturated carbocycles. The zero-order valence-corrected chi connectivity index (χ0v) is 16.9. The molecule has 3 heterocycles. The van der Waals surface area contributed by atoms with E-state index in [9.17, 15) is 9.59 Å². The van der Waals surface area contributed by atoms with Gasteiger partial charge in [0.1, 0.15) is 17.8 Å². The third-order valence-corrected chi connectivity index (χ3v) is 4.80. The molecule has 1 aliphatic heterocycles. The van der Waals surface area contributed by atoms with Gasteiger partial charge in [0.2, 0.25) is 5.91 Å². The number of hydrogen-bond donors (Lipinski definition) is 2. The van der Waals surface area contributed by atoms with E-state index in [1.807, 2.05) is 19.1 Å². The van der Waals surface area contributed by atoms with Gasteiger partial charge in [0, 0.05) is 52.3 Å². The van der Waals surface area contributed by atoms with Gasteiger partial charge in [-0.15, -0.1) is 0 Å². The van der Waals surface area contributed by atoms with Gasteiger partial charge in [-0.25, -0.2) is 15.0 Å². The predicted molar refractivity (Wildman–Crippen MR) is 111 cm³/mol. The molecule has 9 heteroatoms. The van der Waals surface area contributed by atoms with Gasteiger partial charge in [-0.1, -0.05) is 6.92 Å². The van der Waals surface area contributed by atoms with Crippen molar-refractivity contribution in [3.8, 4) is 0 Å². The average Bonchev–Trinajstić information content (AvgIpc) is 2.74. The summed E-state index contributed by atoms with van der Waals surface area (Å²) in [6, 6.07) is 5.51. The molecule has 0 unspecified atom stereocenters. The van der Waals surface area contributed by atoms with E-state index < -0.39 is 0 Å². The van der Waals surface area contributed by atoms with Gasteiger partial charge < -0.3 is 15.5 Å². The van der Waals surface area contributed by atoms with Crippen molar-refractivity contribution in [2.45, 2.75) is 26.3 Å². The summed E-state index contributed by atoms with van der Waals surface area (Å²) in [6.45, 7) is 6.19. The van der Waals surface area contributed by atoms with Crippen molar-refractivity contribution in [2.75, 3.05) is 43.4 Å². The molecular weight excluding hydrogens is 370 g/mol. The largest absolute Gasteiger partial charge is 0.368 e. The fraction of sp³-hybridized carbons (Fsp3) is 0.450. The monoisotopic (exact) mass is 397 g/mol. The molecule has 0 bridgehead atoms. The summed E-state index contributed by atoms with van der Waals surface area (Å²) in [4.78, 5) is 40.6. The predicted octanol–water partition coefficient (Wildman–Crippen LogP) is 1.29. The Bertz CT molecular complexity index is 833. The Balaban J connectivity index is 1.52. The van der Waals surface area contributed by atoms with Crippen LogP contribution in [-0.4, -0.2) is 64.9 Å². The minimum atomic E-state index is -0.184. The van der Waals surface area contributed by atoms with Crippen molar-refractivity contribution >= 4 is 23.3 Å². The third kappa shape index (κ3) is 5.71. The first-order chi connectivity index (χ1) is 14.1. The molecule has 0 aliphatic carbocycles. The second-order valence-electron chi connectivity index (χ2n) is 6.94. The lowest BCUT2D eigenvalue weighted by Gasteiger charge is -2.35. The highest BCUT2D eigenvalue weighted by molar-refractivity contribution is 5.92. The maximum atomic E-state index is 11.7. The fourth-order valence-electron chi connectivity index (χ4n) is 3.21. The summed E-state index contributed by atoms with van der Waals surface area (Å²) in [5, 5.41) is 5.39. The van der Waals surface area contributed by atoms with Gasteiger partial charge >= 0.3 is 0 Å². The third-order valence-electron chi connectivity index (χ3n) is 4.80. The minimum Gasteiger partial charge on any atom is -0.368 e. The van der Waals surface area contributed by atoms with Crippen LogP contribution in [0.4, 0.5) is 11.5 Å². The zero-order valence-electron chi connectivity index (χ0n) is 16.9. The molecule has 3 rings (SSSR count). The summed E-state index contributed by atoms with van der Waals surface area (Å²) in [6.07, 6.45) is 4.53. The Kier molecular flexibility index (Phi) is 7.07. The molecule has 9 nitrogen and oxygen atoms in total. The molecule has 1 aliphatic rings. The van der Waals surface area contributed by atoms with Crippen molar-refractivity contribution < 1.29 is 9.59 Å². The quantitative estimate of drug-likeness (QED) is 0.726. The van der Waals surface area contributed by atoms with Gasteiger partial charge in [-0.3, -0.25) is 14.5 Å². The van der Waals surface area contributed by atoms with E-state index >= 15 is 0 Å². The van der Waals surface area contributed by atoms with Crippen molar-refractivity contribution in [2.24, 2.45) is 0 Å². The second-order valence-corrected chi connectivity index (χ2v) is 6.94. The lowest BCUT2D eigenvalue weighted by Crippen LogP contribution is -2.46. The Labute approximate surface area is 170 Å². The Morgan fingerprint density at radius 2 is 1.90 bits per heavy atom. The first-order valence-electron chi connectivity index (χ1n) is 9.85. The number of nitrogens with zero attached hydrogens (tertiary/aromatic N) is 5. The lowest BCUT2D eigenvalue weighted by molar-refractivity contribution is -0.116. The summed E-state index contributed by atoms with van der Waals surface area (Å²) < 4.78 is 0. The van der Waals surface area contributed by atoms with E-state index in [-0.39, 0.29) is 11.8 Å². The number of hydrogen-bond acceptors (Lipinski definition) is 7. The maximum Gasteiger partial charge on any atom is 0.269 e. The van der Waals surface area contributed by atoms with Crippen molar-refractivity contribution in [1.29, 1.82) is 0 Å². The number of aromatic nitrogens is 3. The fourth-order valence-corrected chi connectivity index (χ4v) is 3.21. The van der Waals surface area contributed by atoms with Crippen LogP contribution in [0.1, 0.15) is 35.9 Å². The second kappa shape index (κ2) is 9.92. The highest BCUT2D eigenvalue weighted by Crippen LogP contribution is 2.17. The van der Waals surface area contributed by atoms with Crippen LogP contribution in [0.5, 0.6) is 0 Å². The molecule has 0 spiro atoms. The molecule has 2 aromatic rings. The highest BCUT2D eigenvalue weighted by Gasteiger charge is 2.18. The van der Waals surface area contributed by atoms with Crippen molar-refractivity contribution in [3.05, 3.63) is 42.1 Å². The molecule has 1 fully saturated rings. The molecule has 2 aromatic heterocycles. The van der Waals surface area contributed by atoms with E-state index in [0.29, 0.717) is 24.5 Å². The van der Waals surface area contributed by atoms with E-state index in [4.69, 9.17) is 0 Å². The molecule has 2 N–H and O–H groups in total. The number of nitrogens with one attached hydrogen (secondary N) is 2. The van der Waals surface area contributed by atoms with Gasteiger partial charge in [0.05, 0.1) is 17.6 Å². The van der Waals surface area contributed by atoms with Crippen LogP contribution < -0.4 is 15.5 Å². The number of rotatable bonds is 7. The average molecular weight is 397 g/mol. The molecule has 0 radical (unpaired) electrons. The molecule has 29 heavy (non-hydrogen) atoms. The SMILES string of the molecule is CCCC(=O)Nc1cc(CN2CCN(c3ccc(C(=O)NC)nc3)CC2)ncn1. The Morgan fingerprint density at radius 3 is 2.55 bits per heavy atom. The van der Waals surface area contributed by atoms with Gasteiger partial charge in [0.15, 0.2) is 0 Å². The standard InChI is InChI=1S/C20H27N7O2/c1-3-4-19(28)25-18-11-15(23-14-24-18)13-26-7-9-27(10-8-26)16-5-6-17(22-12-16)20(29)21-2/h5-6,11-12,14H,3-4,7-10,13H2,1-2H3,(H,21,29)(H,23,24,25,28). The van der Waals surface area contributed by atoms with Crippen LogP contribution >= 0.6 is 0 Å². The molecule has 154 valence electrons. The van der Waals surface area contributed by atoms with E-state index in [2.05, 4.69) is 35.4 Å². The van der Waals surface area contributed by atoms with E-state index in [1.54, 1.807) is 19.3 Å². The van der Waals surface area contributed by atoms with Crippen molar-refractivity contribution in [3.63, 3.8) is 0 Å². The van der Waals surface area contributed by atoms with E-state index in [1.165, 1.54) is 6.33 Å². The van der Waals surface area contributed by atoms with E-state index in [0.717, 1.165) is 44.0 Å². The maximum absolute atomic E-state index is 11.7. The topological polar surface area (TPSA) is 103 Å². The minimum absolute atomic E-state index is 0.0261. The van der Waals surface area contributed by atoms with Crippen LogP contribution in [0.15, 0.2) is 30.7 Å². The summed E-state index contributed by atoms with van der Waals surface area (Å²) in [5.41, 5.74) is 2.32. The van der Waals surface area contributed by atoms with Crippen LogP contribution in [0, 0.1) is 0 Å². The van der Waals surface area contributed by atoms with Gasteiger partial charge in [-0.2, -0.15) is 0 Å². The molecule has 0 aromatic carbocycles. The number of carbonyl (C=O) groups excluding carboxylic acids is 2. The normalized spacial score (nSPS) is 14.5. The number of pyridine rings is 1. The van der Waals surface area contributed by atoms with Crippen LogP contribution in [-0.2, 0) is 11.3 Å². The first kappa shape index (κ1) is 20.7. The first-order valence-corrected chi connectivity index (χ1v) is 9.85. The number of anilines is 2. The Morgan fingerprint density at radius 1 is 1.10 bits per heavy atom. The highest BCUT2D eigenvalue weighted by atomic mass is 16.2. The molecule has 0 atom stereocenters. The van der Waals surface area contributed by atoms with Crippen LogP contribution in [0.25, 0.3) is 0 Å². The summed E-state index contributed by atoms with van der Waals surface area (Å²) in [7, 11) is 1.59. The lowest BCUT2D eigenvalue weighted by atomic mass is 10.2. The molecule has 2 amide bonds. The number of carbonyl (C=O) groups is 2. The summed E-state index contributed by atoms with van der Waals surface area (Å²) in [5.74, 6) is 0.340. The summed E-state index contributed by atoms with van der Waals surface area (Å²) >= 11 is 0. The number of piperazine rings is 1.